The number of rotatable bonds is 4. The third-order valence-corrected chi connectivity index (χ3v) is 3.20. The van der Waals surface area contributed by atoms with Gasteiger partial charge in [0.05, 0.1) is 0 Å². The average Bonchev–Trinajstić information content (AvgIpc) is 2.42. The van der Waals surface area contributed by atoms with E-state index in [2.05, 4.69) is 36.3 Å². The number of hydrogen-bond acceptors (Lipinski definition) is 2. The predicted molar refractivity (Wildman–Crippen MR) is 78.9 cm³/mol. The van der Waals surface area contributed by atoms with Crippen molar-refractivity contribution in [3.05, 3.63) is 12.2 Å². The summed E-state index contributed by atoms with van der Waals surface area (Å²) in [5, 5.41) is 3.60. The van der Waals surface area contributed by atoms with Crippen LogP contribution in [0.4, 0.5) is 0 Å². The molecule has 1 aliphatic rings. The molecule has 17 heavy (non-hydrogen) atoms. The van der Waals surface area contributed by atoms with Crippen molar-refractivity contribution in [1.82, 2.24) is 5.32 Å². The quantitative estimate of drug-likeness (QED) is 0.740. The Morgan fingerprint density at radius 1 is 1.41 bits per heavy atom. The third kappa shape index (κ3) is 6.02. The minimum Gasteiger partial charge on any atom is -0.313 e. The number of allylic oxidation sites excluding steroid dienone is 2. The van der Waals surface area contributed by atoms with Crippen molar-refractivity contribution < 1.29 is 0 Å². The Kier molecular flexibility index (Phi) is 10.1. The van der Waals surface area contributed by atoms with E-state index in [1.165, 1.54) is 31.5 Å². The first-order valence-electron chi connectivity index (χ1n) is 7.16. The lowest BCUT2D eigenvalue weighted by atomic mass is 9.89. The van der Waals surface area contributed by atoms with Crippen molar-refractivity contribution in [3.8, 4) is 0 Å². The number of piperidine rings is 1. The van der Waals surface area contributed by atoms with Crippen molar-refractivity contribution in [2.24, 2.45) is 10.9 Å². The fourth-order valence-corrected chi connectivity index (χ4v) is 2.18. The number of aliphatic imine (C=N–C) groups is 1. The molecule has 0 spiro atoms. The lowest BCUT2D eigenvalue weighted by molar-refractivity contribution is 0.358. The van der Waals surface area contributed by atoms with Crippen LogP contribution in [0.2, 0.25) is 0 Å². The molecule has 2 unspecified atom stereocenters. The maximum atomic E-state index is 4.39. The molecule has 0 aromatic carbocycles. The lowest BCUT2D eigenvalue weighted by Gasteiger charge is -2.29. The standard InChI is InChI=1S/C13H24N2.C2H6/c1-4-5-8-12(14-3)11(2)13-9-6-7-10-15-13;1-2/h5,8,11,13,15H,4,6-7,9-10H2,1-3H3;1-2H3/b8-5-,14-12?;. The largest absolute Gasteiger partial charge is 0.313 e. The summed E-state index contributed by atoms with van der Waals surface area (Å²) in [6, 6.07) is 0.624. The van der Waals surface area contributed by atoms with E-state index in [0.29, 0.717) is 12.0 Å². The number of nitrogens with zero attached hydrogens (tertiary/aromatic N) is 1. The Bertz CT molecular complexity index is 225. The molecule has 0 amide bonds. The van der Waals surface area contributed by atoms with E-state index in [1.54, 1.807) is 0 Å². The Balaban J connectivity index is 0.00000121. The van der Waals surface area contributed by atoms with Crippen LogP contribution in [0, 0.1) is 5.92 Å². The molecule has 1 aliphatic heterocycles. The van der Waals surface area contributed by atoms with Crippen molar-refractivity contribution >= 4 is 5.71 Å². The molecule has 2 heteroatoms. The van der Waals surface area contributed by atoms with Gasteiger partial charge in [0.25, 0.3) is 0 Å². The van der Waals surface area contributed by atoms with Gasteiger partial charge >= 0.3 is 0 Å². The first kappa shape index (κ1) is 16.4. The fourth-order valence-electron chi connectivity index (χ4n) is 2.18. The molecular weight excluding hydrogens is 208 g/mol. The minimum absolute atomic E-state index is 0.540. The minimum atomic E-state index is 0.540. The molecule has 2 nitrogen and oxygen atoms in total. The van der Waals surface area contributed by atoms with E-state index in [0.717, 1.165) is 6.42 Å². The van der Waals surface area contributed by atoms with Gasteiger partial charge in [0.2, 0.25) is 0 Å². The summed E-state index contributed by atoms with van der Waals surface area (Å²) in [6.07, 6.45) is 9.44. The highest BCUT2D eigenvalue weighted by Crippen LogP contribution is 2.17. The molecule has 1 N–H and O–H groups in total. The predicted octanol–water partition coefficient (Wildman–Crippen LogP) is 3.83. The van der Waals surface area contributed by atoms with Gasteiger partial charge in [-0.25, -0.2) is 0 Å². The molecule has 2 atom stereocenters. The molecule has 0 aromatic heterocycles. The van der Waals surface area contributed by atoms with Gasteiger partial charge in [-0.2, -0.15) is 0 Å². The number of hydrogen-bond donors (Lipinski definition) is 1. The molecular formula is C15H30N2. The smallest absolute Gasteiger partial charge is 0.0385 e. The summed E-state index contributed by atoms with van der Waals surface area (Å²) in [5.74, 6) is 0.540. The zero-order valence-electron chi connectivity index (χ0n) is 12.3. The molecule has 1 saturated heterocycles. The van der Waals surface area contributed by atoms with Crippen LogP contribution in [0.5, 0.6) is 0 Å². The summed E-state index contributed by atoms with van der Waals surface area (Å²) >= 11 is 0. The van der Waals surface area contributed by atoms with Gasteiger partial charge in [0, 0.05) is 24.7 Å². The SMILES string of the molecule is CC.CC/C=C\C(=NC)C(C)C1CCCCN1. The van der Waals surface area contributed by atoms with E-state index in [9.17, 15) is 0 Å². The summed E-state index contributed by atoms with van der Waals surface area (Å²) in [7, 11) is 1.90. The second-order valence-electron chi connectivity index (χ2n) is 4.30. The van der Waals surface area contributed by atoms with Crippen LogP contribution in [-0.2, 0) is 0 Å². The fraction of sp³-hybridized carbons (Fsp3) is 0.800. The summed E-state index contributed by atoms with van der Waals surface area (Å²) in [4.78, 5) is 4.39. The lowest BCUT2D eigenvalue weighted by Crippen LogP contribution is -2.41. The second-order valence-corrected chi connectivity index (χ2v) is 4.30. The summed E-state index contributed by atoms with van der Waals surface area (Å²) in [5.41, 5.74) is 1.23. The zero-order valence-corrected chi connectivity index (χ0v) is 12.3. The van der Waals surface area contributed by atoms with Crippen LogP contribution in [-0.4, -0.2) is 25.3 Å². The van der Waals surface area contributed by atoms with Gasteiger partial charge in [-0.15, -0.1) is 0 Å². The van der Waals surface area contributed by atoms with Crippen LogP contribution in [0.25, 0.3) is 0 Å². The monoisotopic (exact) mass is 238 g/mol. The van der Waals surface area contributed by atoms with E-state index < -0.39 is 0 Å². The highest BCUT2D eigenvalue weighted by molar-refractivity contribution is 5.97. The molecule has 1 rings (SSSR count). The van der Waals surface area contributed by atoms with E-state index in [1.807, 2.05) is 20.9 Å². The molecule has 0 saturated carbocycles. The van der Waals surface area contributed by atoms with Crippen molar-refractivity contribution in [2.75, 3.05) is 13.6 Å². The van der Waals surface area contributed by atoms with Crippen molar-refractivity contribution in [2.45, 2.75) is 59.4 Å². The zero-order chi connectivity index (χ0) is 13.1. The van der Waals surface area contributed by atoms with Crippen molar-refractivity contribution in [3.63, 3.8) is 0 Å². The Morgan fingerprint density at radius 2 is 2.12 bits per heavy atom. The van der Waals surface area contributed by atoms with Gasteiger partial charge in [-0.05, 0) is 31.9 Å². The van der Waals surface area contributed by atoms with E-state index in [-0.39, 0.29) is 0 Å². The van der Waals surface area contributed by atoms with E-state index in [4.69, 9.17) is 0 Å². The van der Waals surface area contributed by atoms with Crippen molar-refractivity contribution in [1.29, 1.82) is 0 Å². The second kappa shape index (κ2) is 10.5. The first-order chi connectivity index (χ1) is 8.29. The molecule has 0 radical (unpaired) electrons. The summed E-state index contributed by atoms with van der Waals surface area (Å²) < 4.78 is 0. The Morgan fingerprint density at radius 3 is 2.59 bits per heavy atom. The van der Waals surface area contributed by atoms with Crippen LogP contribution in [0.1, 0.15) is 53.4 Å². The first-order valence-corrected chi connectivity index (χ1v) is 7.16. The van der Waals surface area contributed by atoms with Gasteiger partial charge in [0.15, 0.2) is 0 Å². The third-order valence-electron chi connectivity index (χ3n) is 3.20. The van der Waals surface area contributed by atoms with Crippen LogP contribution in [0.15, 0.2) is 17.1 Å². The topological polar surface area (TPSA) is 24.4 Å². The molecule has 0 aromatic rings. The van der Waals surface area contributed by atoms with E-state index >= 15 is 0 Å². The van der Waals surface area contributed by atoms with Gasteiger partial charge in [0.1, 0.15) is 0 Å². The van der Waals surface area contributed by atoms with Gasteiger partial charge in [-0.3, -0.25) is 4.99 Å². The van der Waals surface area contributed by atoms with Gasteiger partial charge in [-0.1, -0.05) is 40.2 Å². The Labute approximate surface area is 108 Å². The van der Waals surface area contributed by atoms with Crippen LogP contribution >= 0.6 is 0 Å². The highest BCUT2D eigenvalue weighted by atomic mass is 14.9. The van der Waals surface area contributed by atoms with Crippen LogP contribution < -0.4 is 5.32 Å². The maximum Gasteiger partial charge on any atom is 0.0385 e. The molecule has 1 fully saturated rings. The van der Waals surface area contributed by atoms with Gasteiger partial charge < -0.3 is 5.32 Å². The maximum absolute atomic E-state index is 4.39. The molecule has 0 aliphatic carbocycles. The Hall–Kier alpha value is -0.630. The summed E-state index contributed by atoms with van der Waals surface area (Å²) in [6.45, 7) is 9.61. The molecule has 100 valence electrons. The molecule has 0 bridgehead atoms. The number of nitrogens with one attached hydrogen (secondary N) is 1. The normalized spacial score (nSPS) is 23.1. The molecule has 1 heterocycles. The average molecular weight is 238 g/mol. The van der Waals surface area contributed by atoms with Crippen LogP contribution in [0.3, 0.4) is 0 Å². The highest BCUT2D eigenvalue weighted by Gasteiger charge is 2.21.